The largest absolute Gasteiger partial charge is 0.504 e. The Labute approximate surface area is 123 Å². The average Bonchev–Trinajstić information content (AvgIpc) is 2.41. The van der Waals surface area contributed by atoms with E-state index < -0.39 is 0 Å². The highest BCUT2D eigenvalue weighted by atomic mass is 127. The number of hydrogen-bond donors (Lipinski definition) is 2. The number of amides is 1. The molecular weight excluding hydrogens is 359 g/mol. The number of hydrogen-bond acceptors (Lipinski definition) is 4. The number of aromatic hydroxyl groups is 1. The molecule has 5 nitrogen and oxygen atoms in total. The number of benzene rings is 1. The van der Waals surface area contributed by atoms with E-state index in [1.807, 2.05) is 12.1 Å². The molecule has 0 aliphatic heterocycles. The van der Waals surface area contributed by atoms with Crippen LogP contribution < -0.4 is 10.1 Å². The van der Waals surface area contributed by atoms with Crippen molar-refractivity contribution in [3.63, 3.8) is 0 Å². The van der Waals surface area contributed by atoms with Crippen molar-refractivity contribution in [1.29, 1.82) is 0 Å². The van der Waals surface area contributed by atoms with E-state index in [4.69, 9.17) is 4.74 Å². The van der Waals surface area contributed by atoms with Crippen molar-refractivity contribution in [3.8, 4) is 11.5 Å². The van der Waals surface area contributed by atoms with Gasteiger partial charge < -0.3 is 15.2 Å². The monoisotopic (exact) mass is 370 g/mol. The smallest absolute Gasteiger partial charge is 0.263 e. The fraction of sp³-hybridized carbons (Fsp3) is 0.0769. The second-order valence-corrected chi connectivity index (χ2v) is 4.91. The predicted octanol–water partition coefficient (Wildman–Crippen LogP) is 2.41. The number of nitrogens with zero attached hydrogens (tertiary/aromatic N) is 1. The van der Waals surface area contributed by atoms with Gasteiger partial charge in [-0.1, -0.05) is 0 Å². The second kappa shape index (κ2) is 6.37. The number of ether oxygens (including phenoxy) is 1. The second-order valence-electron chi connectivity index (χ2n) is 3.66. The highest BCUT2D eigenvalue weighted by molar-refractivity contribution is 14.1. The zero-order chi connectivity index (χ0) is 13.7. The molecule has 98 valence electrons. The Bertz CT molecular complexity index is 572. The number of anilines is 1. The number of carbonyl (C=O) groups is 1. The van der Waals surface area contributed by atoms with Crippen molar-refractivity contribution in [2.24, 2.45) is 0 Å². The Morgan fingerprint density at radius 1 is 1.32 bits per heavy atom. The molecule has 2 aromatic rings. The van der Waals surface area contributed by atoms with Crippen molar-refractivity contribution >= 4 is 34.3 Å². The molecule has 0 spiro atoms. The molecule has 0 aliphatic carbocycles. The summed E-state index contributed by atoms with van der Waals surface area (Å²) in [5, 5.41) is 11.9. The van der Waals surface area contributed by atoms with Crippen molar-refractivity contribution in [1.82, 2.24) is 4.98 Å². The molecule has 2 N–H and O–H groups in total. The topological polar surface area (TPSA) is 71.5 Å². The molecule has 1 heterocycles. The Kier molecular flexibility index (Phi) is 4.56. The summed E-state index contributed by atoms with van der Waals surface area (Å²) in [6, 6.07) is 10.4. The van der Waals surface area contributed by atoms with Gasteiger partial charge in [0.05, 0.1) is 0 Å². The van der Waals surface area contributed by atoms with Gasteiger partial charge in [0.15, 0.2) is 18.2 Å². The maximum Gasteiger partial charge on any atom is 0.263 e. The highest BCUT2D eigenvalue weighted by Crippen LogP contribution is 2.18. The minimum Gasteiger partial charge on any atom is -0.504 e. The quantitative estimate of drug-likeness (QED) is 0.811. The molecular formula is C13H11IN2O3. The summed E-state index contributed by atoms with van der Waals surface area (Å²) in [5.74, 6) is 0.275. The van der Waals surface area contributed by atoms with Gasteiger partial charge in [-0.05, 0) is 59.0 Å². The van der Waals surface area contributed by atoms with Crippen molar-refractivity contribution < 1.29 is 14.6 Å². The first-order valence-corrected chi connectivity index (χ1v) is 6.55. The van der Waals surface area contributed by atoms with Gasteiger partial charge in [0.1, 0.15) is 5.75 Å². The maximum absolute atomic E-state index is 11.6. The van der Waals surface area contributed by atoms with E-state index in [-0.39, 0.29) is 24.1 Å². The molecule has 6 heteroatoms. The fourth-order valence-electron chi connectivity index (χ4n) is 1.34. The van der Waals surface area contributed by atoms with Crippen LogP contribution in [0.3, 0.4) is 0 Å². The maximum atomic E-state index is 11.6. The van der Waals surface area contributed by atoms with Crippen LogP contribution in [-0.4, -0.2) is 22.6 Å². The van der Waals surface area contributed by atoms with Crippen LogP contribution in [0.1, 0.15) is 0 Å². The first kappa shape index (κ1) is 13.6. The third-order valence-corrected chi connectivity index (χ3v) is 2.95. The molecule has 0 atom stereocenters. The number of aromatic nitrogens is 1. The van der Waals surface area contributed by atoms with E-state index in [9.17, 15) is 9.90 Å². The normalized spacial score (nSPS) is 9.95. The number of rotatable bonds is 4. The summed E-state index contributed by atoms with van der Waals surface area (Å²) in [7, 11) is 0. The highest BCUT2D eigenvalue weighted by Gasteiger charge is 2.07. The Hall–Kier alpha value is -1.83. The van der Waals surface area contributed by atoms with Crippen LogP contribution >= 0.6 is 22.6 Å². The standard InChI is InChI=1S/C13H11IN2O3/c14-9-3-5-10(6-4-9)19-8-12(18)16-13-11(17)2-1-7-15-13/h1-7,17H,8H2,(H,15,16,18). The van der Waals surface area contributed by atoms with Gasteiger partial charge in [-0.25, -0.2) is 4.98 Å². The predicted molar refractivity (Wildman–Crippen MR) is 79.2 cm³/mol. The van der Waals surface area contributed by atoms with Gasteiger partial charge in [0.25, 0.3) is 5.91 Å². The van der Waals surface area contributed by atoms with E-state index in [1.165, 1.54) is 12.3 Å². The number of carbonyl (C=O) groups excluding carboxylic acids is 1. The van der Waals surface area contributed by atoms with Crippen LogP contribution in [0.25, 0.3) is 0 Å². The van der Waals surface area contributed by atoms with Gasteiger partial charge in [-0.15, -0.1) is 0 Å². The lowest BCUT2D eigenvalue weighted by molar-refractivity contribution is -0.118. The molecule has 0 saturated heterocycles. The molecule has 0 radical (unpaired) electrons. The summed E-state index contributed by atoms with van der Waals surface area (Å²) in [6.07, 6.45) is 1.48. The molecule has 0 bridgehead atoms. The van der Waals surface area contributed by atoms with Crippen LogP contribution in [0, 0.1) is 3.57 Å². The van der Waals surface area contributed by atoms with Crippen LogP contribution in [0.5, 0.6) is 11.5 Å². The Morgan fingerprint density at radius 2 is 2.05 bits per heavy atom. The summed E-state index contributed by atoms with van der Waals surface area (Å²) < 4.78 is 6.40. The van der Waals surface area contributed by atoms with E-state index in [2.05, 4.69) is 32.9 Å². The van der Waals surface area contributed by atoms with E-state index in [0.717, 1.165) is 3.57 Å². The summed E-state index contributed by atoms with van der Waals surface area (Å²) in [5.41, 5.74) is 0. The minimum atomic E-state index is -0.382. The molecule has 0 aliphatic rings. The lowest BCUT2D eigenvalue weighted by atomic mass is 10.3. The summed E-state index contributed by atoms with van der Waals surface area (Å²) in [6.45, 7) is -0.142. The first-order chi connectivity index (χ1) is 9.15. The molecule has 1 aromatic carbocycles. The van der Waals surface area contributed by atoms with Crippen molar-refractivity contribution in [2.45, 2.75) is 0 Å². The first-order valence-electron chi connectivity index (χ1n) is 5.47. The van der Waals surface area contributed by atoms with Gasteiger partial charge in [-0.2, -0.15) is 0 Å². The van der Waals surface area contributed by atoms with Gasteiger partial charge in [-0.3, -0.25) is 4.79 Å². The number of halogens is 1. The van der Waals surface area contributed by atoms with Crippen LogP contribution in [0.15, 0.2) is 42.6 Å². The van der Waals surface area contributed by atoms with Gasteiger partial charge in [0.2, 0.25) is 0 Å². The van der Waals surface area contributed by atoms with Gasteiger partial charge >= 0.3 is 0 Å². The van der Waals surface area contributed by atoms with Crippen LogP contribution in [0.2, 0.25) is 0 Å². The minimum absolute atomic E-state index is 0.0786. The lowest BCUT2D eigenvalue weighted by Gasteiger charge is -2.07. The number of nitrogens with one attached hydrogen (secondary N) is 1. The lowest BCUT2D eigenvalue weighted by Crippen LogP contribution is -2.20. The Morgan fingerprint density at radius 3 is 2.74 bits per heavy atom. The summed E-state index contributed by atoms with van der Waals surface area (Å²) in [4.78, 5) is 15.5. The molecule has 0 fully saturated rings. The number of pyridine rings is 1. The molecule has 0 unspecified atom stereocenters. The fourth-order valence-corrected chi connectivity index (χ4v) is 1.70. The van der Waals surface area contributed by atoms with Crippen LogP contribution in [0.4, 0.5) is 5.82 Å². The van der Waals surface area contributed by atoms with E-state index in [0.29, 0.717) is 5.75 Å². The van der Waals surface area contributed by atoms with Crippen molar-refractivity contribution in [2.75, 3.05) is 11.9 Å². The van der Waals surface area contributed by atoms with Crippen LogP contribution in [-0.2, 0) is 4.79 Å². The third-order valence-electron chi connectivity index (χ3n) is 2.23. The van der Waals surface area contributed by atoms with E-state index >= 15 is 0 Å². The Balaban J connectivity index is 1.88. The van der Waals surface area contributed by atoms with Gasteiger partial charge in [0, 0.05) is 9.77 Å². The van der Waals surface area contributed by atoms with Crippen molar-refractivity contribution in [3.05, 3.63) is 46.2 Å². The summed E-state index contributed by atoms with van der Waals surface area (Å²) >= 11 is 2.19. The molecule has 0 saturated carbocycles. The molecule has 19 heavy (non-hydrogen) atoms. The zero-order valence-corrected chi connectivity index (χ0v) is 12.0. The SMILES string of the molecule is O=C(COc1ccc(I)cc1)Nc1ncccc1O. The third kappa shape index (κ3) is 4.09. The molecule has 1 aromatic heterocycles. The zero-order valence-electron chi connectivity index (χ0n) is 9.84. The molecule has 1 amide bonds. The van der Waals surface area contributed by atoms with E-state index in [1.54, 1.807) is 18.2 Å². The average molecular weight is 370 g/mol. The molecule has 2 rings (SSSR count).